The molecule has 1 aliphatic carbocycles. The second kappa shape index (κ2) is 14.2. The van der Waals surface area contributed by atoms with Gasteiger partial charge in [-0.2, -0.15) is 0 Å². The van der Waals surface area contributed by atoms with Crippen LogP contribution in [0.5, 0.6) is 5.75 Å². The Hall–Kier alpha value is -2.69. The van der Waals surface area contributed by atoms with Crippen LogP contribution >= 0.6 is 0 Å². The number of carbonyl (C=O) groups excluding carboxylic acids is 3. The molecule has 0 radical (unpaired) electrons. The second-order valence-electron chi connectivity index (χ2n) is 12.6. The molecule has 1 saturated heterocycles. The van der Waals surface area contributed by atoms with Gasteiger partial charge in [-0.25, -0.2) is 0 Å². The van der Waals surface area contributed by atoms with Crippen molar-refractivity contribution in [2.24, 2.45) is 17.8 Å². The van der Waals surface area contributed by atoms with Crippen molar-refractivity contribution in [1.29, 1.82) is 0 Å². The van der Waals surface area contributed by atoms with Crippen molar-refractivity contribution >= 4 is 29.1 Å². The molecule has 2 fully saturated rings. The quantitative estimate of drug-likeness (QED) is 0.321. The molecule has 3 amide bonds. The van der Waals surface area contributed by atoms with E-state index < -0.39 is 5.60 Å². The first-order chi connectivity index (χ1) is 20.1. The first kappa shape index (κ1) is 32.2. The average Bonchev–Trinajstić information content (AvgIpc) is 3.79. The molecule has 2 heterocycles. The summed E-state index contributed by atoms with van der Waals surface area (Å²) in [5, 5.41) is 6.53. The number of nitrogens with one attached hydrogen (secondary N) is 2. The highest BCUT2D eigenvalue weighted by atomic mass is 16.5. The zero-order valence-electron chi connectivity index (χ0n) is 26.2. The highest BCUT2D eigenvalue weighted by Crippen LogP contribution is 2.42. The molecule has 10 heteroatoms. The van der Waals surface area contributed by atoms with E-state index in [1.54, 1.807) is 18.7 Å². The Kier molecular flexibility index (Phi) is 10.9. The van der Waals surface area contributed by atoms with Crippen LogP contribution in [0.25, 0.3) is 0 Å². The fourth-order valence-corrected chi connectivity index (χ4v) is 5.92. The van der Waals surface area contributed by atoms with Crippen LogP contribution < -0.4 is 25.2 Å². The van der Waals surface area contributed by atoms with Crippen molar-refractivity contribution in [2.45, 2.75) is 84.9 Å². The number of ether oxygens (including phenoxy) is 3. The predicted octanol–water partition coefficient (Wildman–Crippen LogP) is 3.52. The summed E-state index contributed by atoms with van der Waals surface area (Å²) >= 11 is 0. The van der Waals surface area contributed by atoms with E-state index in [9.17, 15) is 14.4 Å². The molecule has 1 aromatic rings. The molecule has 42 heavy (non-hydrogen) atoms. The molecule has 3 atom stereocenters. The summed E-state index contributed by atoms with van der Waals surface area (Å²) in [6.07, 6.45) is 3.19. The third-order valence-electron chi connectivity index (χ3n) is 8.15. The SMILES string of the molecule is CCOCCN1C(=O)C(C)(C)Oc2ccc(N(C(=O)[C@H]3CNC[C@@H](C(=O)N[C@@H](COCC)CC(C)C)C3)C3CC3)cc21. The van der Waals surface area contributed by atoms with Gasteiger partial charge in [-0.15, -0.1) is 0 Å². The van der Waals surface area contributed by atoms with Crippen LogP contribution in [0.3, 0.4) is 0 Å². The van der Waals surface area contributed by atoms with Gasteiger partial charge in [-0.05, 0) is 77.5 Å². The number of amides is 3. The lowest BCUT2D eigenvalue weighted by molar-refractivity contribution is -0.133. The lowest BCUT2D eigenvalue weighted by Crippen LogP contribution is -2.53. The minimum absolute atomic E-state index is 0.0137. The van der Waals surface area contributed by atoms with Crippen LogP contribution in [0.2, 0.25) is 0 Å². The Balaban J connectivity index is 1.51. The maximum atomic E-state index is 14.1. The van der Waals surface area contributed by atoms with Gasteiger partial charge in [0.25, 0.3) is 5.91 Å². The topological polar surface area (TPSA) is 109 Å². The maximum absolute atomic E-state index is 14.1. The normalized spacial score (nSPS) is 22.4. The third kappa shape index (κ3) is 7.82. The highest BCUT2D eigenvalue weighted by Gasteiger charge is 2.43. The second-order valence-corrected chi connectivity index (χ2v) is 12.6. The summed E-state index contributed by atoms with van der Waals surface area (Å²) in [6, 6.07) is 5.73. The van der Waals surface area contributed by atoms with Gasteiger partial charge in [0.05, 0.1) is 36.8 Å². The Morgan fingerprint density at radius 3 is 2.52 bits per heavy atom. The standard InChI is InChI=1S/C32H50N4O6/c1-7-40-14-13-35-27-17-26(11-12-28(27)42-32(5,6)31(35)39)36(25-9-10-25)30(38)23-16-22(18-33-19-23)29(37)34-24(15-21(3)4)20-41-8-2/h11-12,17,21-25,33H,7-10,13-16,18-20H2,1-6H3,(H,34,37)/t22-,23+,24+/m0/s1. The van der Waals surface area contributed by atoms with Gasteiger partial charge in [-0.1, -0.05) is 13.8 Å². The van der Waals surface area contributed by atoms with E-state index in [1.807, 2.05) is 36.9 Å². The molecule has 0 bridgehead atoms. The van der Waals surface area contributed by atoms with E-state index >= 15 is 0 Å². The summed E-state index contributed by atoms with van der Waals surface area (Å²) in [6.45, 7) is 15.2. The molecular weight excluding hydrogens is 536 g/mol. The van der Waals surface area contributed by atoms with E-state index in [0.717, 1.165) is 24.9 Å². The van der Waals surface area contributed by atoms with Crippen LogP contribution in [0, 0.1) is 17.8 Å². The van der Waals surface area contributed by atoms with Gasteiger partial charge in [0, 0.05) is 44.6 Å². The van der Waals surface area contributed by atoms with Gasteiger partial charge >= 0.3 is 0 Å². The molecule has 0 spiro atoms. The zero-order chi connectivity index (χ0) is 30.4. The molecule has 1 saturated carbocycles. The largest absolute Gasteiger partial charge is 0.476 e. The van der Waals surface area contributed by atoms with Crippen molar-refractivity contribution < 1.29 is 28.6 Å². The molecule has 10 nitrogen and oxygen atoms in total. The van der Waals surface area contributed by atoms with Gasteiger partial charge in [0.1, 0.15) is 5.75 Å². The molecular formula is C32H50N4O6. The first-order valence-electron chi connectivity index (χ1n) is 15.7. The maximum Gasteiger partial charge on any atom is 0.270 e. The Morgan fingerprint density at radius 1 is 1.14 bits per heavy atom. The number of carbonyl (C=O) groups is 3. The minimum atomic E-state index is -0.993. The van der Waals surface area contributed by atoms with Crippen LogP contribution in [0.1, 0.15) is 67.2 Å². The van der Waals surface area contributed by atoms with Crippen LogP contribution in [-0.2, 0) is 23.9 Å². The molecule has 0 unspecified atom stereocenters. The number of anilines is 2. The Bertz CT molecular complexity index is 1100. The summed E-state index contributed by atoms with van der Waals surface area (Å²) in [7, 11) is 0. The molecule has 2 N–H and O–H groups in total. The lowest BCUT2D eigenvalue weighted by atomic mass is 9.88. The van der Waals surface area contributed by atoms with Crippen LogP contribution in [0.15, 0.2) is 18.2 Å². The fourth-order valence-electron chi connectivity index (χ4n) is 5.92. The van der Waals surface area contributed by atoms with Crippen molar-refractivity contribution in [3.8, 4) is 5.75 Å². The number of benzene rings is 1. The molecule has 234 valence electrons. The molecule has 3 aliphatic rings. The predicted molar refractivity (Wildman–Crippen MR) is 163 cm³/mol. The van der Waals surface area contributed by atoms with Crippen molar-refractivity contribution in [3.63, 3.8) is 0 Å². The highest BCUT2D eigenvalue weighted by molar-refractivity contribution is 6.04. The van der Waals surface area contributed by atoms with E-state index in [1.165, 1.54) is 0 Å². The van der Waals surface area contributed by atoms with Crippen molar-refractivity contribution in [3.05, 3.63) is 18.2 Å². The fraction of sp³-hybridized carbons (Fsp3) is 0.719. The van der Waals surface area contributed by atoms with Crippen LogP contribution in [0.4, 0.5) is 11.4 Å². The van der Waals surface area contributed by atoms with Gasteiger partial charge < -0.3 is 34.6 Å². The van der Waals surface area contributed by atoms with Gasteiger partial charge in [0.2, 0.25) is 11.8 Å². The molecule has 1 aromatic carbocycles. The van der Waals surface area contributed by atoms with E-state index in [-0.39, 0.29) is 41.6 Å². The number of rotatable bonds is 14. The van der Waals surface area contributed by atoms with Crippen molar-refractivity contribution in [2.75, 3.05) is 55.9 Å². The summed E-state index contributed by atoms with van der Waals surface area (Å²) in [5.41, 5.74) is 0.408. The Morgan fingerprint density at radius 2 is 1.86 bits per heavy atom. The summed E-state index contributed by atoms with van der Waals surface area (Å²) < 4.78 is 17.3. The summed E-state index contributed by atoms with van der Waals surface area (Å²) in [5.74, 6) is 0.271. The monoisotopic (exact) mass is 586 g/mol. The molecule has 0 aromatic heterocycles. The van der Waals surface area contributed by atoms with E-state index in [4.69, 9.17) is 14.2 Å². The minimum Gasteiger partial charge on any atom is -0.476 e. The smallest absolute Gasteiger partial charge is 0.270 e. The van der Waals surface area contributed by atoms with Crippen molar-refractivity contribution in [1.82, 2.24) is 10.6 Å². The molecule has 4 rings (SSSR count). The number of piperidine rings is 1. The average molecular weight is 587 g/mol. The van der Waals surface area contributed by atoms with Crippen LogP contribution in [-0.4, -0.2) is 81.5 Å². The van der Waals surface area contributed by atoms with Gasteiger partial charge in [0.15, 0.2) is 5.60 Å². The lowest BCUT2D eigenvalue weighted by Gasteiger charge is -2.39. The van der Waals surface area contributed by atoms with E-state index in [0.29, 0.717) is 69.8 Å². The number of nitrogens with zero attached hydrogens (tertiary/aromatic N) is 2. The zero-order valence-corrected chi connectivity index (χ0v) is 26.2. The first-order valence-corrected chi connectivity index (χ1v) is 15.7. The molecule has 2 aliphatic heterocycles. The number of hydrogen-bond donors (Lipinski definition) is 2. The third-order valence-corrected chi connectivity index (χ3v) is 8.15. The number of fused-ring (bicyclic) bond motifs is 1. The number of hydrogen-bond acceptors (Lipinski definition) is 7. The Labute approximate surface area is 250 Å². The van der Waals surface area contributed by atoms with Gasteiger partial charge in [-0.3, -0.25) is 14.4 Å². The summed E-state index contributed by atoms with van der Waals surface area (Å²) in [4.78, 5) is 44.3. The van der Waals surface area contributed by atoms with E-state index in [2.05, 4.69) is 24.5 Å².